The standard InChI is InChI=1S/C2BrClF3IO3S/c3-1(4,8)12(9,10)11-2(5,6)7. The third kappa shape index (κ3) is 4.44. The van der Waals surface area contributed by atoms with Gasteiger partial charge in [0.25, 0.3) is 1.12 Å². The van der Waals surface area contributed by atoms with Gasteiger partial charge in [0.2, 0.25) is 0 Å². The van der Waals surface area contributed by atoms with E-state index in [0.29, 0.717) is 0 Å². The molecule has 1 unspecified atom stereocenters. The van der Waals surface area contributed by atoms with Crippen molar-refractivity contribution >= 4 is 60.2 Å². The quantitative estimate of drug-likeness (QED) is 0.404. The van der Waals surface area contributed by atoms with Gasteiger partial charge in [-0.25, -0.2) is 0 Å². The Kier molecular flexibility index (Phi) is 4.13. The summed E-state index contributed by atoms with van der Waals surface area (Å²) in [6, 6.07) is 0. The molecule has 3 nitrogen and oxygen atoms in total. The van der Waals surface area contributed by atoms with E-state index in [9.17, 15) is 21.6 Å². The van der Waals surface area contributed by atoms with E-state index in [1.807, 2.05) is 0 Å². The number of hydrogen-bond donors (Lipinski definition) is 0. The van der Waals surface area contributed by atoms with Gasteiger partial charge in [-0.05, 0) is 38.5 Å². The molecule has 0 amide bonds. The van der Waals surface area contributed by atoms with Crippen LogP contribution in [0.15, 0.2) is 0 Å². The van der Waals surface area contributed by atoms with Gasteiger partial charge in [-0.2, -0.15) is 12.6 Å². The highest BCUT2D eigenvalue weighted by molar-refractivity contribution is 14.1. The third-order valence-electron chi connectivity index (χ3n) is 0.488. The van der Waals surface area contributed by atoms with Crippen molar-refractivity contribution in [2.75, 3.05) is 0 Å². The fourth-order valence-electron chi connectivity index (χ4n) is 0.172. The van der Waals surface area contributed by atoms with Crippen LogP contribution in [0.1, 0.15) is 0 Å². The minimum atomic E-state index is -5.27. The van der Waals surface area contributed by atoms with E-state index in [1.165, 1.54) is 0 Å². The van der Waals surface area contributed by atoms with E-state index in [0.717, 1.165) is 22.6 Å². The molecule has 0 spiro atoms. The Morgan fingerprint density at radius 2 is 1.75 bits per heavy atom. The fraction of sp³-hybridized carbons (Fsp3) is 1.00. The van der Waals surface area contributed by atoms with Crippen LogP contribution in [0, 0.1) is 0 Å². The lowest BCUT2D eigenvalue weighted by molar-refractivity contribution is -0.271. The normalized spacial score (nSPS) is 18.8. The summed E-state index contributed by atoms with van der Waals surface area (Å²) in [5, 5.41) is 0. The molecule has 1 atom stereocenters. The van der Waals surface area contributed by atoms with Crippen LogP contribution in [0.5, 0.6) is 0 Å². The van der Waals surface area contributed by atoms with E-state index in [4.69, 9.17) is 11.6 Å². The van der Waals surface area contributed by atoms with Crippen molar-refractivity contribution in [1.82, 2.24) is 0 Å². The second kappa shape index (κ2) is 3.75. The van der Waals surface area contributed by atoms with Crippen LogP contribution in [0.3, 0.4) is 0 Å². The SMILES string of the molecule is O=S(=O)(OC(F)(F)F)C(Cl)(Br)I. The van der Waals surface area contributed by atoms with Crippen molar-refractivity contribution in [2.24, 2.45) is 0 Å². The first kappa shape index (κ1) is 13.2. The molecule has 12 heavy (non-hydrogen) atoms. The van der Waals surface area contributed by atoms with Crippen molar-refractivity contribution in [3.8, 4) is 0 Å². The van der Waals surface area contributed by atoms with Crippen LogP contribution in [-0.4, -0.2) is 15.9 Å². The van der Waals surface area contributed by atoms with Crippen LogP contribution < -0.4 is 0 Å². The summed E-state index contributed by atoms with van der Waals surface area (Å²) in [7, 11) is -4.91. The lowest BCUT2D eigenvalue weighted by Gasteiger charge is -2.13. The monoisotopic (exact) mass is 402 g/mol. The molecule has 74 valence electrons. The van der Waals surface area contributed by atoms with Crippen LogP contribution in [0.25, 0.3) is 0 Å². The van der Waals surface area contributed by atoms with E-state index < -0.39 is 17.6 Å². The Morgan fingerprint density at radius 1 is 1.42 bits per heavy atom. The van der Waals surface area contributed by atoms with E-state index in [-0.39, 0.29) is 0 Å². The highest BCUT2D eigenvalue weighted by Crippen LogP contribution is 2.41. The fourth-order valence-corrected chi connectivity index (χ4v) is 1.08. The zero-order valence-electron chi connectivity index (χ0n) is 4.90. The Labute approximate surface area is 93.0 Å². The van der Waals surface area contributed by atoms with E-state index in [2.05, 4.69) is 20.1 Å². The molecule has 0 aliphatic carbocycles. The first-order chi connectivity index (χ1) is 4.96. The predicted molar refractivity (Wildman–Crippen MR) is 47.6 cm³/mol. The molecular weight excluding hydrogens is 403 g/mol. The van der Waals surface area contributed by atoms with Crippen LogP contribution in [-0.2, 0) is 14.3 Å². The molecular formula is C2BrClF3IO3S. The van der Waals surface area contributed by atoms with Crippen molar-refractivity contribution < 1.29 is 25.8 Å². The number of alkyl halides is 6. The molecule has 0 fully saturated rings. The van der Waals surface area contributed by atoms with Gasteiger partial charge in [-0.15, -0.1) is 13.2 Å². The van der Waals surface area contributed by atoms with E-state index in [1.54, 1.807) is 0 Å². The molecule has 0 aliphatic heterocycles. The molecule has 0 aromatic rings. The second-order valence-corrected chi connectivity index (χ2v) is 10.5. The lowest BCUT2D eigenvalue weighted by Crippen LogP contribution is -2.28. The van der Waals surface area contributed by atoms with Crippen LogP contribution in [0.2, 0.25) is 0 Å². The predicted octanol–water partition coefficient (Wildman–Crippen LogP) is 2.53. The summed E-state index contributed by atoms with van der Waals surface area (Å²) >= 11 is 8.34. The molecule has 0 N–H and O–H groups in total. The Hall–Kier alpha value is 1.20. The molecule has 0 aromatic carbocycles. The van der Waals surface area contributed by atoms with Gasteiger partial charge in [0, 0.05) is 0 Å². The largest absolute Gasteiger partial charge is 0.537 e. The van der Waals surface area contributed by atoms with Gasteiger partial charge in [-0.3, -0.25) is 0 Å². The summed E-state index contributed by atoms with van der Waals surface area (Å²) < 4.78 is 55.7. The molecule has 0 heterocycles. The lowest BCUT2D eigenvalue weighted by atomic mass is 11.4. The zero-order valence-corrected chi connectivity index (χ0v) is 10.2. The topological polar surface area (TPSA) is 43.4 Å². The van der Waals surface area contributed by atoms with Gasteiger partial charge < -0.3 is 0 Å². The van der Waals surface area contributed by atoms with Crippen LogP contribution in [0.4, 0.5) is 13.2 Å². The van der Waals surface area contributed by atoms with Gasteiger partial charge in [0.1, 0.15) is 0 Å². The first-order valence-electron chi connectivity index (χ1n) is 2.04. The van der Waals surface area contributed by atoms with Gasteiger partial charge >= 0.3 is 16.5 Å². The van der Waals surface area contributed by atoms with Crippen molar-refractivity contribution in [3.05, 3.63) is 0 Å². The van der Waals surface area contributed by atoms with Gasteiger partial charge in [0.15, 0.2) is 0 Å². The summed E-state index contributed by atoms with van der Waals surface area (Å²) in [5.74, 6) is 0. The third-order valence-corrected chi connectivity index (χ3v) is 4.84. The molecule has 0 rings (SSSR count). The summed E-state index contributed by atoms with van der Waals surface area (Å²) in [4.78, 5) is 0. The number of hydrogen-bond acceptors (Lipinski definition) is 3. The Morgan fingerprint density at radius 3 is 1.83 bits per heavy atom. The molecule has 10 heteroatoms. The molecule has 0 bridgehead atoms. The zero-order chi connectivity index (χ0) is 10.2. The minimum absolute atomic E-state index is 1.03. The average molecular weight is 403 g/mol. The van der Waals surface area contributed by atoms with Crippen molar-refractivity contribution in [3.63, 3.8) is 0 Å². The highest BCUT2D eigenvalue weighted by Gasteiger charge is 2.46. The maximum Gasteiger partial charge on any atom is 0.537 e. The Balaban J connectivity index is 4.70. The maximum absolute atomic E-state index is 11.4. The van der Waals surface area contributed by atoms with Crippen molar-refractivity contribution in [1.29, 1.82) is 0 Å². The second-order valence-electron chi connectivity index (χ2n) is 1.43. The molecule has 0 saturated heterocycles. The minimum Gasteiger partial charge on any atom is -0.195 e. The van der Waals surface area contributed by atoms with E-state index >= 15 is 0 Å². The molecule has 0 aromatic heterocycles. The highest BCUT2D eigenvalue weighted by atomic mass is 127. The smallest absolute Gasteiger partial charge is 0.195 e. The molecule has 0 aliphatic rings. The van der Waals surface area contributed by atoms with Gasteiger partial charge in [-0.1, -0.05) is 11.6 Å². The Bertz CT molecular complexity index is 256. The maximum atomic E-state index is 11.4. The molecule has 0 radical (unpaired) electrons. The first-order valence-corrected chi connectivity index (χ1v) is 5.70. The van der Waals surface area contributed by atoms with Gasteiger partial charge in [0.05, 0.1) is 0 Å². The summed E-state index contributed by atoms with van der Waals surface area (Å²) in [6.07, 6.45) is -5.27. The summed E-state index contributed by atoms with van der Waals surface area (Å²) in [6.45, 7) is 0. The van der Waals surface area contributed by atoms with Crippen molar-refractivity contribution in [2.45, 2.75) is 7.48 Å². The molecule has 0 saturated carbocycles. The number of halogens is 6. The summed E-state index contributed by atoms with van der Waals surface area (Å²) in [5.41, 5.74) is 0. The number of rotatable bonds is 2. The average Bonchev–Trinajstić information content (AvgIpc) is 1.52. The van der Waals surface area contributed by atoms with Crippen LogP contribution >= 0.6 is 50.1 Å².